The van der Waals surface area contributed by atoms with Crippen LogP contribution >= 0.6 is 0 Å². The van der Waals surface area contributed by atoms with Gasteiger partial charge < -0.3 is 15.5 Å². The fraction of sp³-hybridized carbons (Fsp3) is 0.118. The summed E-state index contributed by atoms with van der Waals surface area (Å²) in [5.41, 5.74) is 2.08. The number of carbonyl (C=O) groups excluding carboxylic acids is 1. The molecule has 2 aromatic carbocycles. The van der Waals surface area contributed by atoms with Gasteiger partial charge in [0.05, 0.1) is 12.1 Å². The second kappa shape index (κ2) is 7.13. The molecule has 2 rings (SSSR count). The average Bonchev–Trinajstić information content (AvgIpc) is 2.49. The van der Waals surface area contributed by atoms with Gasteiger partial charge in [0.1, 0.15) is 12.4 Å². The molecule has 4 heteroatoms. The molecule has 0 spiro atoms. The van der Waals surface area contributed by atoms with Crippen LogP contribution in [0.15, 0.2) is 48.5 Å². The number of carbonyl (C=O) groups is 1. The van der Waals surface area contributed by atoms with E-state index >= 15 is 0 Å². The molecule has 0 aliphatic carbocycles. The SMILES string of the molecule is O=C(Cc1ccc(O)cc1)Nc1ccccc1C#CCO. The van der Waals surface area contributed by atoms with Gasteiger partial charge in [-0.15, -0.1) is 0 Å². The quantitative estimate of drug-likeness (QED) is 0.753. The fourth-order valence-corrected chi connectivity index (χ4v) is 1.83. The van der Waals surface area contributed by atoms with Crippen LogP contribution in [0.2, 0.25) is 0 Å². The van der Waals surface area contributed by atoms with Crippen molar-refractivity contribution in [1.29, 1.82) is 0 Å². The third-order valence-electron chi connectivity index (χ3n) is 2.80. The summed E-state index contributed by atoms with van der Waals surface area (Å²) >= 11 is 0. The Balaban J connectivity index is 2.07. The summed E-state index contributed by atoms with van der Waals surface area (Å²) in [6, 6.07) is 13.7. The fourth-order valence-electron chi connectivity index (χ4n) is 1.83. The van der Waals surface area contributed by atoms with Gasteiger partial charge in [-0.25, -0.2) is 0 Å². The highest BCUT2D eigenvalue weighted by Crippen LogP contribution is 2.15. The second-order valence-electron chi connectivity index (χ2n) is 4.40. The number of hydrogen-bond acceptors (Lipinski definition) is 3. The van der Waals surface area contributed by atoms with E-state index in [1.807, 2.05) is 6.07 Å². The van der Waals surface area contributed by atoms with E-state index < -0.39 is 0 Å². The summed E-state index contributed by atoms with van der Waals surface area (Å²) < 4.78 is 0. The molecular formula is C17H15NO3. The molecule has 0 bridgehead atoms. The Bertz CT molecular complexity index is 681. The van der Waals surface area contributed by atoms with Gasteiger partial charge >= 0.3 is 0 Å². The van der Waals surface area contributed by atoms with E-state index in [2.05, 4.69) is 17.2 Å². The van der Waals surface area contributed by atoms with E-state index in [-0.39, 0.29) is 24.7 Å². The molecule has 0 unspecified atom stereocenters. The first-order valence-corrected chi connectivity index (χ1v) is 6.45. The van der Waals surface area contributed by atoms with E-state index in [4.69, 9.17) is 5.11 Å². The van der Waals surface area contributed by atoms with Crippen LogP contribution in [0.4, 0.5) is 5.69 Å². The van der Waals surface area contributed by atoms with Gasteiger partial charge in [-0.3, -0.25) is 4.79 Å². The maximum atomic E-state index is 12.0. The zero-order chi connectivity index (χ0) is 15.1. The molecule has 0 aliphatic rings. The smallest absolute Gasteiger partial charge is 0.228 e. The first-order chi connectivity index (χ1) is 10.2. The summed E-state index contributed by atoms with van der Waals surface area (Å²) in [4.78, 5) is 12.0. The largest absolute Gasteiger partial charge is 0.508 e. The predicted octanol–water partition coefficient (Wildman–Crippen LogP) is 1.92. The van der Waals surface area contributed by atoms with Crippen molar-refractivity contribution in [2.24, 2.45) is 0 Å². The molecule has 0 atom stereocenters. The molecule has 0 saturated carbocycles. The van der Waals surface area contributed by atoms with Gasteiger partial charge in [0, 0.05) is 5.56 Å². The number of amides is 1. The lowest BCUT2D eigenvalue weighted by molar-refractivity contribution is -0.115. The first kappa shape index (κ1) is 14.6. The monoisotopic (exact) mass is 281 g/mol. The first-order valence-electron chi connectivity index (χ1n) is 6.45. The van der Waals surface area contributed by atoms with E-state index in [9.17, 15) is 9.90 Å². The number of aliphatic hydroxyl groups is 1. The van der Waals surface area contributed by atoms with E-state index in [1.54, 1.807) is 42.5 Å². The van der Waals surface area contributed by atoms with Crippen molar-refractivity contribution in [1.82, 2.24) is 0 Å². The van der Waals surface area contributed by atoms with Crippen molar-refractivity contribution >= 4 is 11.6 Å². The summed E-state index contributed by atoms with van der Waals surface area (Å²) in [6.07, 6.45) is 0.210. The van der Waals surface area contributed by atoms with Gasteiger partial charge in [-0.1, -0.05) is 36.1 Å². The number of rotatable bonds is 3. The van der Waals surface area contributed by atoms with E-state index in [0.717, 1.165) is 5.56 Å². The van der Waals surface area contributed by atoms with Gasteiger partial charge in [-0.05, 0) is 29.8 Å². The molecule has 0 radical (unpaired) electrons. The molecule has 1 amide bonds. The highest BCUT2D eigenvalue weighted by Gasteiger charge is 2.06. The number of para-hydroxylation sites is 1. The van der Waals surface area contributed by atoms with Crippen molar-refractivity contribution < 1.29 is 15.0 Å². The molecule has 21 heavy (non-hydrogen) atoms. The predicted molar refractivity (Wildman–Crippen MR) is 80.8 cm³/mol. The highest BCUT2D eigenvalue weighted by atomic mass is 16.3. The molecular weight excluding hydrogens is 266 g/mol. The van der Waals surface area contributed by atoms with Gasteiger partial charge in [0.2, 0.25) is 5.91 Å². The molecule has 0 fully saturated rings. The summed E-state index contributed by atoms with van der Waals surface area (Å²) in [5.74, 6) is 5.35. The maximum absolute atomic E-state index is 12.0. The standard InChI is InChI=1S/C17H15NO3/c19-11-3-5-14-4-1-2-6-16(14)18-17(21)12-13-7-9-15(20)10-8-13/h1-2,4,6-10,19-20H,11-12H2,(H,18,21). The number of phenols is 1. The van der Waals surface area contributed by atoms with Crippen LogP contribution in [-0.2, 0) is 11.2 Å². The molecule has 0 aromatic heterocycles. The van der Waals surface area contributed by atoms with Crippen LogP contribution in [0.25, 0.3) is 0 Å². The molecule has 106 valence electrons. The molecule has 2 aromatic rings. The summed E-state index contributed by atoms with van der Waals surface area (Å²) in [6.45, 7) is -0.226. The normalized spacial score (nSPS) is 9.57. The minimum Gasteiger partial charge on any atom is -0.508 e. The lowest BCUT2D eigenvalue weighted by Gasteiger charge is -2.07. The average molecular weight is 281 g/mol. The number of aliphatic hydroxyl groups excluding tert-OH is 1. The van der Waals surface area contributed by atoms with Crippen LogP contribution < -0.4 is 5.32 Å². The minimum atomic E-state index is -0.226. The zero-order valence-corrected chi connectivity index (χ0v) is 11.3. The van der Waals surface area contributed by atoms with Crippen molar-refractivity contribution in [2.75, 3.05) is 11.9 Å². The number of phenolic OH excluding ortho intramolecular Hbond substituents is 1. The molecule has 0 saturated heterocycles. The Morgan fingerprint density at radius 3 is 2.52 bits per heavy atom. The lowest BCUT2D eigenvalue weighted by Crippen LogP contribution is -2.15. The van der Waals surface area contributed by atoms with Crippen molar-refractivity contribution in [3.8, 4) is 17.6 Å². The Hall–Kier alpha value is -2.77. The molecule has 0 heterocycles. The number of anilines is 1. The van der Waals surface area contributed by atoms with Gasteiger partial charge in [0.25, 0.3) is 0 Å². The van der Waals surface area contributed by atoms with Crippen LogP contribution in [-0.4, -0.2) is 22.7 Å². The molecule has 3 N–H and O–H groups in total. The third kappa shape index (κ3) is 4.37. The van der Waals surface area contributed by atoms with E-state index in [1.165, 1.54) is 0 Å². The number of benzene rings is 2. The zero-order valence-electron chi connectivity index (χ0n) is 11.3. The van der Waals surface area contributed by atoms with Gasteiger partial charge in [-0.2, -0.15) is 0 Å². The summed E-state index contributed by atoms with van der Waals surface area (Å²) in [7, 11) is 0. The highest BCUT2D eigenvalue weighted by molar-refractivity contribution is 5.93. The van der Waals surface area contributed by atoms with E-state index in [0.29, 0.717) is 11.3 Å². The third-order valence-corrected chi connectivity index (χ3v) is 2.80. The van der Waals surface area contributed by atoms with Crippen LogP contribution in [0.1, 0.15) is 11.1 Å². The maximum Gasteiger partial charge on any atom is 0.228 e. The molecule has 4 nitrogen and oxygen atoms in total. The number of aromatic hydroxyl groups is 1. The van der Waals surface area contributed by atoms with Gasteiger partial charge in [0.15, 0.2) is 0 Å². The van der Waals surface area contributed by atoms with Crippen molar-refractivity contribution in [3.05, 3.63) is 59.7 Å². The van der Waals surface area contributed by atoms with Crippen LogP contribution in [0.5, 0.6) is 5.75 Å². The Morgan fingerprint density at radius 1 is 1.10 bits per heavy atom. The second-order valence-corrected chi connectivity index (χ2v) is 4.40. The number of nitrogens with one attached hydrogen (secondary N) is 1. The topological polar surface area (TPSA) is 69.6 Å². The Kier molecular flexibility index (Phi) is 4.97. The minimum absolute atomic E-state index is 0.168. The van der Waals surface area contributed by atoms with Crippen molar-refractivity contribution in [3.63, 3.8) is 0 Å². The van der Waals surface area contributed by atoms with Crippen molar-refractivity contribution in [2.45, 2.75) is 6.42 Å². The Morgan fingerprint density at radius 2 is 1.81 bits per heavy atom. The van der Waals surface area contributed by atoms with Crippen LogP contribution in [0, 0.1) is 11.8 Å². The number of hydrogen-bond donors (Lipinski definition) is 3. The Labute approximate surface area is 123 Å². The molecule has 0 aliphatic heterocycles. The summed E-state index contributed by atoms with van der Waals surface area (Å²) in [5, 5.41) is 20.7. The van der Waals surface area contributed by atoms with Crippen LogP contribution in [0.3, 0.4) is 0 Å². The lowest BCUT2D eigenvalue weighted by atomic mass is 10.1.